The zero-order chi connectivity index (χ0) is 7.72. The van der Waals surface area contributed by atoms with Gasteiger partial charge in [-0.25, -0.2) is 4.39 Å². The summed E-state index contributed by atoms with van der Waals surface area (Å²) in [5.74, 6) is -0.355. The van der Waals surface area contributed by atoms with Crippen molar-refractivity contribution in [1.82, 2.24) is 0 Å². The molecular formula is C6H4Br2FN. The van der Waals surface area contributed by atoms with Crippen LogP contribution in [0.4, 0.5) is 10.1 Å². The van der Waals surface area contributed by atoms with E-state index in [1.54, 1.807) is 6.07 Å². The average molecular weight is 269 g/mol. The summed E-state index contributed by atoms with van der Waals surface area (Å²) >= 11 is 6.17. The molecule has 4 heteroatoms. The van der Waals surface area contributed by atoms with Crippen LogP contribution >= 0.6 is 31.9 Å². The number of anilines is 1. The number of hydrogen-bond donors (Lipinski definition) is 1. The molecule has 1 nitrogen and oxygen atoms in total. The molecule has 10 heavy (non-hydrogen) atoms. The van der Waals surface area contributed by atoms with Crippen molar-refractivity contribution in [3.8, 4) is 0 Å². The number of nitrogens with two attached hydrogens (primary N) is 1. The van der Waals surface area contributed by atoms with Crippen LogP contribution in [0.25, 0.3) is 0 Å². The van der Waals surface area contributed by atoms with E-state index < -0.39 is 0 Å². The van der Waals surface area contributed by atoms with E-state index in [4.69, 9.17) is 5.73 Å². The first-order chi connectivity index (χ1) is 4.61. The predicted octanol–water partition coefficient (Wildman–Crippen LogP) is 2.93. The SMILES string of the molecule is Nc1cc(F)c(Br)c(Br)c1. The summed E-state index contributed by atoms with van der Waals surface area (Å²) in [5.41, 5.74) is 5.75. The fourth-order valence-corrected chi connectivity index (χ4v) is 1.26. The van der Waals surface area contributed by atoms with Gasteiger partial charge in [-0.05, 0) is 44.0 Å². The van der Waals surface area contributed by atoms with Crippen LogP contribution in [0.15, 0.2) is 21.1 Å². The maximum absolute atomic E-state index is 12.7. The first kappa shape index (κ1) is 8.01. The Morgan fingerprint density at radius 1 is 1.30 bits per heavy atom. The Morgan fingerprint density at radius 3 is 2.40 bits per heavy atom. The Balaban J connectivity index is 3.31. The molecule has 0 saturated carbocycles. The van der Waals surface area contributed by atoms with E-state index in [2.05, 4.69) is 31.9 Å². The lowest BCUT2D eigenvalue weighted by Crippen LogP contribution is -1.87. The first-order valence-corrected chi connectivity index (χ1v) is 4.10. The second-order valence-corrected chi connectivity index (χ2v) is 3.45. The van der Waals surface area contributed by atoms with Crippen LogP contribution in [0, 0.1) is 5.82 Å². The molecule has 0 aliphatic rings. The Bertz CT molecular complexity index is 239. The van der Waals surface area contributed by atoms with E-state index in [0.29, 0.717) is 14.6 Å². The Hall–Kier alpha value is -0.0900. The van der Waals surface area contributed by atoms with Gasteiger partial charge in [0.1, 0.15) is 5.82 Å². The predicted molar refractivity (Wildman–Crippen MR) is 46.2 cm³/mol. The van der Waals surface area contributed by atoms with Gasteiger partial charge in [-0.15, -0.1) is 0 Å². The zero-order valence-corrected chi connectivity index (χ0v) is 8.04. The molecule has 1 aromatic carbocycles. The van der Waals surface area contributed by atoms with Gasteiger partial charge in [0, 0.05) is 10.2 Å². The van der Waals surface area contributed by atoms with E-state index in [9.17, 15) is 4.39 Å². The summed E-state index contributed by atoms with van der Waals surface area (Å²) in [7, 11) is 0. The van der Waals surface area contributed by atoms with Gasteiger partial charge in [0.2, 0.25) is 0 Å². The highest BCUT2D eigenvalue weighted by Gasteiger charge is 2.03. The first-order valence-electron chi connectivity index (χ1n) is 2.51. The molecule has 0 fully saturated rings. The summed E-state index contributed by atoms with van der Waals surface area (Å²) in [6.07, 6.45) is 0. The van der Waals surface area contributed by atoms with Gasteiger partial charge < -0.3 is 5.73 Å². The second kappa shape index (κ2) is 2.88. The number of nitrogen functional groups attached to an aromatic ring is 1. The summed E-state index contributed by atoms with van der Waals surface area (Å²) in [5, 5.41) is 0. The number of hydrogen-bond acceptors (Lipinski definition) is 1. The van der Waals surface area contributed by atoms with Crippen molar-refractivity contribution in [3.05, 3.63) is 26.9 Å². The number of benzene rings is 1. The van der Waals surface area contributed by atoms with Crippen molar-refractivity contribution in [1.29, 1.82) is 0 Å². The van der Waals surface area contributed by atoms with Gasteiger partial charge in [-0.3, -0.25) is 0 Å². The lowest BCUT2D eigenvalue weighted by atomic mass is 10.3. The third-order valence-corrected chi connectivity index (χ3v) is 2.97. The monoisotopic (exact) mass is 267 g/mol. The van der Waals surface area contributed by atoms with Crippen molar-refractivity contribution in [3.63, 3.8) is 0 Å². The molecule has 0 aromatic heterocycles. The average Bonchev–Trinajstić information content (AvgIpc) is 1.82. The molecule has 0 amide bonds. The molecule has 2 N–H and O–H groups in total. The van der Waals surface area contributed by atoms with Gasteiger partial charge in [0.25, 0.3) is 0 Å². The van der Waals surface area contributed by atoms with Crippen LogP contribution in [0.5, 0.6) is 0 Å². The lowest BCUT2D eigenvalue weighted by Gasteiger charge is -1.98. The second-order valence-electron chi connectivity index (χ2n) is 1.80. The highest BCUT2D eigenvalue weighted by atomic mass is 79.9. The van der Waals surface area contributed by atoms with E-state index in [0.717, 1.165) is 0 Å². The quantitative estimate of drug-likeness (QED) is 0.568. The topological polar surface area (TPSA) is 26.0 Å². The van der Waals surface area contributed by atoms with Gasteiger partial charge in [0.15, 0.2) is 0 Å². The smallest absolute Gasteiger partial charge is 0.140 e. The Morgan fingerprint density at radius 2 is 1.90 bits per heavy atom. The fraction of sp³-hybridized carbons (Fsp3) is 0. The zero-order valence-electron chi connectivity index (χ0n) is 4.87. The molecule has 1 aromatic rings. The van der Waals surface area contributed by atoms with Crippen LogP contribution in [-0.4, -0.2) is 0 Å². The maximum atomic E-state index is 12.7. The van der Waals surface area contributed by atoms with Gasteiger partial charge in [-0.1, -0.05) is 0 Å². The number of rotatable bonds is 0. The van der Waals surface area contributed by atoms with Crippen LogP contribution in [-0.2, 0) is 0 Å². The molecule has 0 unspecified atom stereocenters. The minimum Gasteiger partial charge on any atom is -0.399 e. The molecule has 0 heterocycles. The maximum Gasteiger partial charge on any atom is 0.140 e. The van der Waals surface area contributed by atoms with Crippen LogP contribution in [0.1, 0.15) is 0 Å². The summed E-state index contributed by atoms with van der Waals surface area (Å²) in [4.78, 5) is 0. The normalized spacial score (nSPS) is 9.90. The largest absolute Gasteiger partial charge is 0.399 e. The lowest BCUT2D eigenvalue weighted by molar-refractivity contribution is 0.621. The van der Waals surface area contributed by atoms with Crippen LogP contribution in [0.3, 0.4) is 0 Å². The van der Waals surface area contributed by atoms with Gasteiger partial charge >= 0.3 is 0 Å². The third-order valence-electron chi connectivity index (χ3n) is 1.01. The Kier molecular flexibility index (Phi) is 2.31. The van der Waals surface area contributed by atoms with Crippen LogP contribution in [0.2, 0.25) is 0 Å². The summed E-state index contributed by atoms with van der Waals surface area (Å²) in [6, 6.07) is 2.89. The highest BCUT2D eigenvalue weighted by Crippen LogP contribution is 2.27. The van der Waals surface area contributed by atoms with Crippen molar-refractivity contribution in [2.24, 2.45) is 0 Å². The van der Waals surface area contributed by atoms with E-state index in [1.807, 2.05) is 0 Å². The molecule has 54 valence electrons. The fourth-order valence-electron chi connectivity index (χ4n) is 0.575. The number of halogens is 3. The summed E-state index contributed by atoms with van der Waals surface area (Å²) < 4.78 is 13.7. The van der Waals surface area contributed by atoms with Crippen molar-refractivity contribution in [2.75, 3.05) is 5.73 Å². The van der Waals surface area contributed by atoms with E-state index in [1.165, 1.54) is 6.07 Å². The minimum atomic E-state index is -0.355. The molecule has 0 bridgehead atoms. The van der Waals surface area contributed by atoms with Crippen LogP contribution < -0.4 is 5.73 Å². The highest BCUT2D eigenvalue weighted by molar-refractivity contribution is 9.13. The molecule has 0 aliphatic carbocycles. The molecule has 1 rings (SSSR count). The van der Waals surface area contributed by atoms with Crippen molar-refractivity contribution in [2.45, 2.75) is 0 Å². The van der Waals surface area contributed by atoms with E-state index in [-0.39, 0.29) is 5.82 Å². The Labute approximate surface area is 74.7 Å². The molecule has 0 radical (unpaired) electrons. The van der Waals surface area contributed by atoms with Gasteiger partial charge in [0.05, 0.1) is 4.47 Å². The molecule has 0 saturated heterocycles. The van der Waals surface area contributed by atoms with E-state index >= 15 is 0 Å². The summed E-state index contributed by atoms with van der Waals surface area (Å²) in [6.45, 7) is 0. The standard InChI is InChI=1S/C6H4Br2FN/c7-4-1-3(10)2-5(9)6(4)8/h1-2H,10H2. The molecule has 0 atom stereocenters. The molecule has 0 spiro atoms. The molecular weight excluding hydrogens is 265 g/mol. The van der Waals surface area contributed by atoms with Crippen molar-refractivity contribution < 1.29 is 4.39 Å². The minimum absolute atomic E-state index is 0.355. The van der Waals surface area contributed by atoms with Crippen molar-refractivity contribution >= 4 is 37.5 Å². The van der Waals surface area contributed by atoms with Gasteiger partial charge in [-0.2, -0.15) is 0 Å². The molecule has 0 aliphatic heterocycles. The third kappa shape index (κ3) is 1.49.